The average Bonchev–Trinajstić information content (AvgIpc) is 2.99. The summed E-state index contributed by atoms with van der Waals surface area (Å²) < 4.78 is 0. The third-order valence-electron chi connectivity index (χ3n) is 2.75. The first kappa shape index (κ1) is 14.2. The van der Waals surface area contributed by atoms with E-state index in [9.17, 15) is 9.59 Å². The number of likely N-dealkylation sites (N-methyl/N-ethyl adjacent to an activating group) is 1. The molecule has 0 atom stereocenters. The zero-order valence-electron chi connectivity index (χ0n) is 11.1. The number of carbonyl (C=O) groups excluding carboxylic acids is 2. The molecule has 2 heterocycles. The molecule has 0 aliphatic carbocycles. The van der Waals surface area contributed by atoms with Crippen molar-refractivity contribution in [3.8, 4) is 0 Å². The van der Waals surface area contributed by atoms with Gasteiger partial charge in [0.25, 0.3) is 5.91 Å². The topological polar surface area (TPSA) is 62.3 Å². The van der Waals surface area contributed by atoms with Crippen molar-refractivity contribution in [2.45, 2.75) is 6.54 Å². The van der Waals surface area contributed by atoms with Crippen molar-refractivity contribution in [3.63, 3.8) is 0 Å². The van der Waals surface area contributed by atoms with Crippen LogP contribution in [0, 0.1) is 0 Å². The fraction of sp³-hybridized carbons (Fsp3) is 0.214. The van der Waals surface area contributed by atoms with E-state index in [1.807, 2.05) is 17.5 Å². The molecule has 0 bridgehead atoms. The Balaban J connectivity index is 1.81. The molecular weight excluding hydrogens is 274 g/mol. The molecule has 6 heteroatoms. The van der Waals surface area contributed by atoms with Crippen LogP contribution in [0.4, 0.5) is 0 Å². The zero-order valence-corrected chi connectivity index (χ0v) is 11.9. The smallest absolute Gasteiger partial charge is 0.252 e. The summed E-state index contributed by atoms with van der Waals surface area (Å²) in [6, 6.07) is 5.45. The van der Waals surface area contributed by atoms with Gasteiger partial charge >= 0.3 is 0 Å². The first-order valence-electron chi connectivity index (χ1n) is 6.10. The number of carbonyl (C=O) groups is 2. The van der Waals surface area contributed by atoms with Crippen LogP contribution in [0.15, 0.2) is 41.4 Å². The highest BCUT2D eigenvalue weighted by Crippen LogP contribution is 2.05. The van der Waals surface area contributed by atoms with Gasteiger partial charge in [0.15, 0.2) is 0 Å². The maximum absolute atomic E-state index is 11.9. The lowest BCUT2D eigenvalue weighted by Crippen LogP contribution is -2.37. The first-order chi connectivity index (χ1) is 9.66. The number of nitrogens with one attached hydrogen (secondary N) is 1. The van der Waals surface area contributed by atoms with E-state index in [4.69, 9.17) is 0 Å². The van der Waals surface area contributed by atoms with Crippen LogP contribution in [0.2, 0.25) is 0 Å². The van der Waals surface area contributed by atoms with Crippen molar-refractivity contribution >= 4 is 23.2 Å². The van der Waals surface area contributed by atoms with E-state index in [2.05, 4.69) is 10.3 Å². The van der Waals surface area contributed by atoms with Gasteiger partial charge in [0.05, 0.1) is 6.54 Å². The molecule has 20 heavy (non-hydrogen) atoms. The quantitative estimate of drug-likeness (QED) is 0.908. The highest BCUT2D eigenvalue weighted by Gasteiger charge is 2.12. The van der Waals surface area contributed by atoms with Crippen LogP contribution in [0.3, 0.4) is 0 Å². The Kier molecular flexibility index (Phi) is 4.84. The fourth-order valence-electron chi connectivity index (χ4n) is 1.64. The van der Waals surface area contributed by atoms with Crippen molar-refractivity contribution in [3.05, 3.63) is 52.5 Å². The van der Waals surface area contributed by atoms with Crippen molar-refractivity contribution < 1.29 is 9.59 Å². The summed E-state index contributed by atoms with van der Waals surface area (Å²) in [5.41, 5.74) is 1.53. The summed E-state index contributed by atoms with van der Waals surface area (Å²) in [5, 5.41) is 6.19. The standard InChI is InChI=1S/C14H15N3O2S/c1-17(9-11-3-2-5-15-7-11)13(18)8-16-14(19)12-4-6-20-10-12/h2-7,10H,8-9H2,1H3,(H,16,19). The number of rotatable bonds is 5. The number of pyridine rings is 1. The molecule has 2 aromatic rings. The Morgan fingerprint density at radius 3 is 2.90 bits per heavy atom. The maximum Gasteiger partial charge on any atom is 0.252 e. The summed E-state index contributed by atoms with van der Waals surface area (Å²) in [4.78, 5) is 29.2. The first-order valence-corrected chi connectivity index (χ1v) is 7.04. The van der Waals surface area contributed by atoms with E-state index in [1.165, 1.54) is 11.3 Å². The van der Waals surface area contributed by atoms with E-state index in [1.54, 1.807) is 35.8 Å². The van der Waals surface area contributed by atoms with Gasteiger partial charge < -0.3 is 10.2 Å². The van der Waals surface area contributed by atoms with E-state index < -0.39 is 0 Å². The molecule has 0 saturated heterocycles. The molecule has 0 aliphatic rings. The molecule has 1 N–H and O–H groups in total. The minimum Gasteiger partial charge on any atom is -0.343 e. The lowest BCUT2D eigenvalue weighted by atomic mass is 10.2. The molecule has 0 fully saturated rings. The van der Waals surface area contributed by atoms with Crippen LogP contribution in [0.5, 0.6) is 0 Å². The van der Waals surface area contributed by atoms with Crippen LogP contribution in [-0.2, 0) is 11.3 Å². The van der Waals surface area contributed by atoms with Crippen LogP contribution >= 0.6 is 11.3 Å². The number of thiophene rings is 1. The highest BCUT2D eigenvalue weighted by molar-refractivity contribution is 7.08. The van der Waals surface area contributed by atoms with Crippen molar-refractivity contribution in [2.24, 2.45) is 0 Å². The second kappa shape index (κ2) is 6.81. The Morgan fingerprint density at radius 1 is 1.40 bits per heavy atom. The molecule has 5 nitrogen and oxygen atoms in total. The van der Waals surface area contributed by atoms with Gasteiger partial charge in [-0.2, -0.15) is 11.3 Å². The lowest BCUT2D eigenvalue weighted by molar-refractivity contribution is -0.129. The Morgan fingerprint density at radius 2 is 2.25 bits per heavy atom. The third-order valence-corrected chi connectivity index (χ3v) is 3.44. The second-order valence-corrected chi connectivity index (χ2v) is 5.09. The molecule has 2 amide bonds. The summed E-state index contributed by atoms with van der Waals surface area (Å²) >= 11 is 1.45. The normalized spacial score (nSPS) is 10.1. The van der Waals surface area contributed by atoms with E-state index >= 15 is 0 Å². The maximum atomic E-state index is 11.9. The van der Waals surface area contributed by atoms with Crippen LogP contribution < -0.4 is 5.32 Å². The predicted octanol–water partition coefficient (Wildman–Crippen LogP) is 1.53. The van der Waals surface area contributed by atoms with Crippen LogP contribution in [0.1, 0.15) is 15.9 Å². The molecule has 0 radical (unpaired) electrons. The predicted molar refractivity (Wildman–Crippen MR) is 77.4 cm³/mol. The molecule has 104 valence electrons. The molecule has 0 spiro atoms. The summed E-state index contributed by atoms with van der Waals surface area (Å²) in [7, 11) is 1.70. The summed E-state index contributed by atoms with van der Waals surface area (Å²) in [6.07, 6.45) is 3.40. The van der Waals surface area contributed by atoms with Gasteiger partial charge in [-0.05, 0) is 23.1 Å². The molecule has 2 aromatic heterocycles. The average molecular weight is 289 g/mol. The van der Waals surface area contributed by atoms with Gasteiger partial charge in [0, 0.05) is 36.9 Å². The largest absolute Gasteiger partial charge is 0.343 e. The number of hydrogen-bond donors (Lipinski definition) is 1. The third kappa shape index (κ3) is 3.89. The molecular formula is C14H15N3O2S. The number of aromatic nitrogens is 1. The van der Waals surface area contributed by atoms with Crippen molar-refractivity contribution in [1.82, 2.24) is 15.2 Å². The summed E-state index contributed by atoms with van der Waals surface area (Å²) in [6.45, 7) is 0.465. The van der Waals surface area contributed by atoms with Gasteiger partial charge in [0.1, 0.15) is 0 Å². The Hall–Kier alpha value is -2.21. The molecule has 0 aromatic carbocycles. The Labute approximate surface area is 121 Å². The molecule has 2 rings (SSSR count). The van der Waals surface area contributed by atoms with E-state index in [0.717, 1.165) is 5.56 Å². The Bertz CT molecular complexity index is 569. The zero-order chi connectivity index (χ0) is 14.4. The number of nitrogens with zero attached hydrogens (tertiary/aromatic N) is 2. The minimum absolute atomic E-state index is 0.00849. The van der Waals surface area contributed by atoms with Gasteiger partial charge in [-0.25, -0.2) is 0 Å². The van der Waals surface area contributed by atoms with Gasteiger partial charge in [0.2, 0.25) is 5.91 Å². The fourth-order valence-corrected chi connectivity index (χ4v) is 2.28. The van der Waals surface area contributed by atoms with Crippen molar-refractivity contribution in [2.75, 3.05) is 13.6 Å². The van der Waals surface area contributed by atoms with E-state index in [0.29, 0.717) is 12.1 Å². The van der Waals surface area contributed by atoms with Crippen molar-refractivity contribution in [1.29, 1.82) is 0 Å². The SMILES string of the molecule is CN(Cc1cccnc1)C(=O)CNC(=O)c1ccsc1. The van der Waals surface area contributed by atoms with Gasteiger partial charge in [-0.1, -0.05) is 6.07 Å². The van der Waals surface area contributed by atoms with Gasteiger partial charge in [-0.3, -0.25) is 14.6 Å². The van der Waals surface area contributed by atoms with E-state index in [-0.39, 0.29) is 18.4 Å². The summed E-state index contributed by atoms with van der Waals surface area (Å²) in [5.74, 6) is -0.369. The molecule has 0 aliphatic heterocycles. The lowest BCUT2D eigenvalue weighted by Gasteiger charge is -2.17. The van der Waals surface area contributed by atoms with Gasteiger partial charge in [-0.15, -0.1) is 0 Å². The monoisotopic (exact) mass is 289 g/mol. The van der Waals surface area contributed by atoms with Crippen LogP contribution in [-0.4, -0.2) is 35.3 Å². The minimum atomic E-state index is -0.227. The highest BCUT2D eigenvalue weighted by atomic mass is 32.1. The molecule has 0 unspecified atom stereocenters. The second-order valence-electron chi connectivity index (χ2n) is 4.31. The molecule has 0 saturated carbocycles. The number of hydrogen-bond acceptors (Lipinski definition) is 4. The number of amides is 2. The van der Waals surface area contributed by atoms with Crippen LogP contribution in [0.25, 0.3) is 0 Å².